The zero-order valence-corrected chi connectivity index (χ0v) is 11.6. The molecule has 19 heavy (non-hydrogen) atoms. The largest absolute Gasteiger partial charge is 0.481 e. The number of carbonyl (C=O) groups is 1. The molecule has 0 fully saturated rings. The Morgan fingerprint density at radius 2 is 2.00 bits per heavy atom. The van der Waals surface area contributed by atoms with Crippen molar-refractivity contribution in [1.82, 2.24) is 4.98 Å². The van der Waals surface area contributed by atoms with E-state index in [4.69, 9.17) is 5.11 Å². The van der Waals surface area contributed by atoms with Gasteiger partial charge in [-0.2, -0.15) is 0 Å². The summed E-state index contributed by atoms with van der Waals surface area (Å²) in [7, 11) is 0. The third-order valence-electron chi connectivity index (χ3n) is 3.26. The summed E-state index contributed by atoms with van der Waals surface area (Å²) in [6.45, 7) is 6.51. The van der Waals surface area contributed by atoms with E-state index in [-0.39, 0.29) is 11.8 Å². The van der Waals surface area contributed by atoms with Crippen LogP contribution in [-0.2, 0) is 16.6 Å². The fraction of sp³-hybridized carbons (Fsp3) is 0.375. The van der Waals surface area contributed by atoms with Crippen LogP contribution in [0.25, 0.3) is 10.8 Å². The van der Waals surface area contributed by atoms with Crippen LogP contribution in [0, 0.1) is 0 Å². The molecule has 0 unspecified atom stereocenters. The van der Waals surface area contributed by atoms with Crippen LogP contribution in [0.4, 0.5) is 0 Å². The molecule has 1 heterocycles. The van der Waals surface area contributed by atoms with Crippen molar-refractivity contribution in [3.05, 3.63) is 41.7 Å². The Bertz CT molecular complexity index is 612. The quantitative estimate of drug-likeness (QED) is 0.914. The number of aromatic nitrogens is 1. The van der Waals surface area contributed by atoms with Gasteiger partial charge in [-0.3, -0.25) is 9.78 Å². The first-order valence-corrected chi connectivity index (χ1v) is 6.47. The highest BCUT2D eigenvalue weighted by atomic mass is 16.4. The molecule has 1 N–H and O–H groups in total. The van der Waals surface area contributed by atoms with Gasteiger partial charge in [0.1, 0.15) is 0 Å². The average Bonchev–Trinajstić information content (AvgIpc) is 2.34. The predicted molar refractivity (Wildman–Crippen MR) is 76.4 cm³/mol. The Morgan fingerprint density at radius 1 is 1.26 bits per heavy atom. The van der Waals surface area contributed by atoms with Gasteiger partial charge in [-0.05, 0) is 34.4 Å². The Kier molecular flexibility index (Phi) is 3.56. The fourth-order valence-corrected chi connectivity index (χ4v) is 2.23. The number of fused-ring (bicyclic) bond motifs is 1. The molecule has 0 radical (unpaired) electrons. The second-order valence-electron chi connectivity index (χ2n) is 5.89. The van der Waals surface area contributed by atoms with Crippen molar-refractivity contribution in [3.63, 3.8) is 0 Å². The molecule has 1 aromatic carbocycles. The van der Waals surface area contributed by atoms with Gasteiger partial charge >= 0.3 is 5.97 Å². The minimum absolute atomic E-state index is 0.0507. The minimum Gasteiger partial charge on any atom is -0.481 e. The molecule has 2 rings (SSSR count). The number of carboxylic acids is 1. The first-order valence-electron chi connectivity index (χ1n) is 6.47. The summed E-state index contributed by atoms with van der Waals surface area (Å²) in [6.07, 6.45) is 4.48. The second-order valence-corrected chi connectivity index (χ2v) is 5.89. The molecule has 0 atom stereocenters. The van der Waals surface area contributed by atoms with E-state index >= 15 is 0 Å². The molecule has 3 nitrogen and oxygen atoms in total. The molecule has 3 heteroatoms. The molecule has 0 aliphatic rings. The summed E-state index contributed by atoms with van der Waals surface area (Å²) in [5.41, 5.74) is 2.31. The second kappa shape index (κ2) is 5.00. The third kappa shape index (κ3) is 3.11. The van der Waals surface area contributed by atoms with Crippen LogP contribution in [0.1, 0.15) is 38.3 Å². The Hall–Kier alpha value is -1.90. The molecule has 1 aromatic heterocycles. The van der Waals surface area contributed by atoms with Crippen molar-refractivity contribution >= 4 is 16.7 Å². The van der Waals surface area contributed by atoms with E-state index < -0.39 is 5.97 Å². The van der Waals surface area contributed by atoms with Crippen LogP contribution < -0.4 is 0 Å². The lowest BCUT2D eigenvalue weighted by Gasteiger charge is -2.20. The van der Waals surface area contributed by atoms with Gasteiger partial charge in [0, 0.05) is 24.2 Å². The molecule has 0 amide bonds. The summed E-state index contributed by atoms with van der Waals surface area (Å²) in [4.78, 5) is 14.9. The van der Waals surface area contributed by atoms with Crippen LogP contribution >= 0.6 is 0 Å². The van der Waals surface area contributed by atoms with Crippen molar-refractivity contribution in [3.8, 4) is 0 Å². The van der Waals surface area contributed by atoms with E-state index in [0.29, 0.717) is 6.42 Å². The smallest absolute Gasteiger partial charge is 0.303 e. The summed E-state index contributed by atoms with van der Waals surface area (Å²) in [6, 6.07) is 6.13. The van der Waals surface area contributed by atoms with E-state index in [2.05, 4.69) is 31.8 Å². The molecular formula is C16H19NO2. The van der Waals surface area contributed by atoms with Crippen LogP contribution in [0.2, 0.25) is 0 Å². The lowest BCUT2D eigenvalue weighted by atomic mass is 9.85. The standard InChI is InChI=1S/C16H19NO2/c1-16(2,3)14-10-17-9-12-8-11(4-6-13(12)14)5-7-15(18)19/h4,6,8-10H,5,7H2,1-3H3,(H,18,19). The topological polar surface area (TPSA) is 50.2 Å². The number of aliphatic carboxylic acids is 1. The minimum atomic E-state index is -0.762. The fourth-order valence-electron chi connectivity index (χ4n) is 2.23. The van der Waals surface area contributed by atoms with Crippen molar-refractivity contribution in [1.29, 1.82) is 0 Å². The van der Waals surface area contributed by atoms with Gasteiger partial charge in [0.25, 0.3) is 0 Å². The molecule has 0 spiro atoms. The lowest BCUT2D eigenvalue weighted by Crippen LogP contribution is -2.12. The number of aryl methyl sites for hydroxylation is 1. The summed E-state index contributed by atoms with van der Waals surface area (Å²) in [5, 5.41) is 11.0. The number of nitrogens with zero attached hydrogens (tertiary/aromatic N) is 1. The maximum Gasteiger partial charge on any atom is 0.303 e. The van der Waals surface area contributed by atoms with E-state index in [9.17, 15) is 4.79 Å². The SMILES string of the molecule is CC(C)(C)c1cncc2cc(CCC(=O)O)ccc12. The first kappa shape index (κ1) is 13.5. The normalized spacial score (nSPS) is 11.7. The van der Waals surface area contributed by atoms with Crippen molar-refractivity contribution in [2.45, 2.75) is 39.0 Å². The maximum atomic E-state index is 10.6. The van der Waals surface area contributed by atoms with Gasteiger partial charge in [0.2, 0.25) is 0 Å². The summed E-state index contributed by atoms with van der Waals surface area (Å²) >= 11 is 0. The van der Waals surface area contributed by atoms with E-state index in [0.717, 1.165) is 10.9 Å². The van der Waals surface area contributed by atoms with Crippen molar-refractivity contribution in [2.75, 3.05) is 0 Å². The predicted octanol–water partition coefficient (Wildman–Crippen LogP) is 3.55. The van der Waals surface area contributed by atoms with E-state index in [1.54, 1.807) is 0 Å². The molecule has 0 saturated heterocycles. The highest BCUT2D eigenvalue weighted by Crippen LogP contribution is 2.29. The van der Waals surface area contributed by atoms with E-state index in [1.165, 1.54) is 10.9 Å². The molecule has 2 aromatic rings. The number of pyridine rings is 1. The van der Waals surface area contributed by atoms with Crippen molar-refractivity contribution in [2.24, 2.45) is 0 Å². The Labute approximate surface area is 113 Å². The number of carboxylic acid groups (broad SMARTS) is 1. The number of hydrogen-bond acceptors (Lipinski definition) is 2. The van der Waals surface area contributed by atoms with E-state index in [1.807, 2.05) is 24.5 Å². The van der Waals surface area contributed by atoms with Gasteiger partial charge in [-0.1, -0.05) is 32.9 Å². The van der Waals surface area contributed by atoms with Crippen LogP contribution in [0.15, 0.2) is 30.6 Å². The van der Waals surface area contributed by atoms with Crippen LogP contribution in [0.5, 0.6) is 0 Å². The highest BCUT2D eigenvalue weighted by molar-refractivity contribution is 5.86. The van der Waals surface area contributed by atoms with Crippen molar-refractivity contribution < 1.29 is 9.90 Å². The van der Waals surface area contributed by atoms with Gasteiger partial charge < -0.3 is 5.11 Å². The Balaban J connectivity index is 2.42. The van der Waals surface area contributed by atoms with Gasteiger partial charge in [-0.15, -0.1) is 0 Å². The van der Waals surface area contributed by atoms with Gasteiger partial charge in [0.15, 0.2) is 0 Å². The molecular weight excluding hydrogens is 238 g/mol. The molecule has 0 aliphatic carbocycles. The van der Waals surface area contributed by atoms with Crippen LogP contribution in [0.3, 0.4) is 0 Å². The lowest BCUT2D eigenvalue weighted by molar-refractivity contribution is -0.136. The summed E-state index contributed by atoms with van der Waals surface area (Å²) < 4.78 is 0. The maximum absolute atomic E-state index is 10.6. The van der Waals surface area contributed by atoms with Gasteiger partial charge in [0.05, 0.1) is 0 Å². The monoisotopic (exact) mass is 257 g/mol. The molecule has 0 saturated carbocycles. The molecule has 0 bridgehead atoms. The van der Waals surface area contributed by atoms with Gasteiger partial charge in [-0.25, -0.2) is 0 Å². The van der Waals surface area contributed by atoms with Crippen LogP contribution in [-0.4, -0.2) is 16.1 Å². The highest BCUT2D eigenvalue weighted by Gasteiger charge is 2.17. The molecule has 100 valence electrons. The number of hydrogen-bond donors (Lipinski definition) is 1. The molecule has 0 aliphatic heterocycles. The number of benzene rings is 1. The zero-order chi connectivity index (χ0) is 14.0. The third-order valence-corrected chi connectivity index (χ3v) is 3.26. The average molecular weight is 257 g/mol. The first-order chi connectivity index (χ1) is 8.88. The Morgan fingerprint density at radius 3 is 2.63 bits per heavy atom. The number of rotatable bonds is 3. The zero-order valence-electron chi connectivity index (χ0n) is 11.6. The summed E-state index contributed by atoms with van der Waals surface area (Å²) in [5.74, 6) is -0.762.